The maximum absolute atomic E-state index is 12.2. The summed E-state index contributed by atoms with van der Waals surface area (Å²) >= 11 is 0. The Labute approximate surface area is 260 Å². The molecular formula is C31H39Cl3N4O3. The zero-order valence-corrected chi connectivity index (χ0v) is 25.9. The molecule has 3 N–H and O–H groups in total. The van der Waals surface area contributed by atoms with Crippen molar-refractivity contribution in [1.29, 1.82) is 0 Å². The van der Waals surface area contributed by atoms with Crippen molar-refractivity contribution in [3.05, 3.63) is 101 Å². The highest BCUT2D eigenvalue weighted by Gasteiger charge is 2.38. The summed E-state index contributed by atoms with van der Waals surface area (Å²) in [5, 5.41) is 15.6. The highest BCUT2D eigenvalue weighted by Crippen LogP contribution is 2.39. The summed E-state index contributed by atoms with van der Waals surface area (Å²) in [4.78, 5) is 10.7. The van der Waals surface area contributed by atoms with Gasteiger partial charge in [-0.25, -0.2) is 4.98 Å². The maximum Gasteiger partial charge on any atom is 0.137 e. The van der Waals surface area contributed by atoms with E-state index in [4.69, 9.17) is 14.5 Å². The first-order valence-corrected chi connectivity index (χ1v) is 13.1. The van der Waals surface area contributed by atoms with E-state index in [1.54, 1.807) is 14.2 Å². The van der Waals surface area contributed by atoms with Crippen LogP contribution in [0, 0.1) is 6.92 Å². The molecule has 1 aliphatic rings. The Morgan fingerprint density at radius 3 is 1.78 bits per heavy atom. The third-order valence-electron chi connectivity index (χ3n) is 7.44. The van der Waals surface area contributed by atoms with Crippen molar-refractivity contribution in [2.75, 3.05) is 40.4 Å². The molecule has 2 atom stereocenters. The molecule has 0 spiro atoms. The molecule has 5 rings (SSSR count). The second-order valence-corrected chi connectivity index (χ2v) is 9.71. The number of aryl methyl sites for hydroxylation is 1. The summed E-state index contributed by atoms with van der Waals surface area (Å²) < 4.78 is 10.9. The molecule has 0 radical (unpaired) electrons. The molecule has 41 heavy (non-hydrogen) atoms. The lowest BCUT2D eigenvalue weighted by atomic mass is 9.80. The lowest BCUT2D eigenvalue weighted by molar-refractivity contribution is 0.0295. The van der Waals surface area contributed by atoms with Crippen LogP contribution in [0.5, 0.6) is 11.5 Å². The van der Waals surface area contributed by atoms with E-state index in [0.717, 1.165) is 65.9 Å². The van der Waals surface area contributed by atoms with Gasteiger partial charge in [-0.05, 0) is 42.3 Å². The fourth-order valence-electron chi connectivity index (χ4n) is 5.44. The molecule has 222 valence electrons. The predicted octanol–water partition coefficient (Wildman–Crippen LogP) is 5.81. The average molecular weight is 622 g/mol. The fourth-order valence-corrected chi connectivity index (χ4v) is 5.44. The topological polar surface area (TPSA) is 82.6 Å². The lowest BCUT2D eigenvalue weighted by Gasteiger charge is -2.42. The number of hydrogen-bond donors (Lipinski definition) is 3. The number of aliphatic hydroxyl groups is 1. The van der Waals surface area contributed by atoms with E-state index in [9.17, 15) is 5.11 Å². The monoisotopic (exact) mass is 620 g/mol. The Morgan fingerprint density at radius 2 is 1.29 bits per heavy atom. The van der Waals surface area contributed by atoms with E-state index in [1.807, 2.05) is 61.5 Å². The van der Waals surface area contributed by atoms with Crippen molar-refractivity contribution in [2.45, 2.75) is 25.0 Å². The maximum atomic E-state index is 12.2. The normalized spacial score (nSPS) is 14.7. The molecule has 0 aliphatic carbocycles. The quantitative estimate of drug-likeness (QED) is 0.219. The SMILES string of the molecule is COc1ccc(C(c2ccc(OC)cc2)C(C(O)c2nc(-c3ccccc3)[nH]c2C)N2CCNCC2)cc1.Cl.Cl.Cl. The van der Waals surface area contributed by atoms with Crippen LogP contribution in [0.25, 0.3) is 11.4 Å². The lowest BCUT2D eigenvalue weighted by Crippen LogP contribution is -2.52. The number of aromatic amines is 1. The number of methoxy groups -OCH3 is 2. The second kappa shape index (κ2) is 16.0. The molecule has 1 aromatic heterocycles. The van der Waals surface area contributed by atoms with Gasteiger partial charge in [-0.2, -0.15) is 0 Å². The Morgan fingerprint density at radius 1 is 0.780 bits per heavy atom. The number of nitrogens with zero attached hydrogens (tertiary/aromatic N) is 2. The molecule has 4 aromatic rings. The molecule has 1 fully saturated rings. The second-order valence-electron chi connectivity index (χ2n) is 9.71. The summed E-state index contributed by atoms with van der Waals surface area (Å²) in [7, 11) is 3.35. The Kier molecular flexibility index (Phi) is 13.4. The van der Waals surface area contributed by atoms with E-state index >= 15 is 0 Å². The molecule has 0 bridgehead atoms. The molecule has 2 heterocycles. The van der Waals surface area contributed by atoms with Crippen molar-refractivity contribution >= 4 is 37.2 Å². The first-order chi connectivity index (χ1) is 18.6. The van der Waals surface area contributed by atoms with Crippen LogP contribution in [0.15, 0.2) is 78.9 Å². The average Bonchev–Trinajstić information content (AvgIpc) is 3.38. The molecule has 0 saturated carbocycles. The summed E-state index contributed by atoms with van der Waals surface area (Å²) in [6, 6.07) is 26.1. The van der Waals surface area contributed by atoms with Crippen LogP contribution in [0.2, 0.25) is 0 Å². The van der Waals surface area contributed by atoms with Crippen molar-refractivity contribution in [1.82, 2.24) is 20.2 Å². The van der Waals surface area contributed by atoms with Gasteiger partial charge in [0.25, 0.3) is 0 Å². The highest BCUT2D eigenvalue weighted by molar-refractivity contribution is 5.86. The van der Waals surface area contributed by atoms with Gasteiger partial charge in [0, 0.05) is 43.4 Å². The zero-order valence-electron chi connectivity index (χ0n) is 23.4. The van der Waals surface area contributed by atoms with Crippen LogP contribution in [0.4, 0.5) is 0 Å². The number of ether oxygens (including phenoxy) is 2. The number of hydrogen-bond acceptors (Lipinski definition) is 6. The van der Waals surface area contributed by atoms with Gasteiger partial charge in [0.1, 0.15) is 23.4 Å². The Hall–Kier alpha value is -2.78. The molecule has 2 unspecified atom stereocenters. The minimum Gasteiger partial charge on any atom is -0.497 e. The third-order valence-corrected chi connectivity index (χ3v) is 7.44. The molecule has 0 amide bonds. The van der Waals surface area contributed by atoms with Crippen LogP contribution in [-0.4, -0.2) is 66.4 Å². The van der Waals surface area contributed by atoms with Crippen LogP contribution in [-0.2, 0) is 0 Å². The largest absolute Gasteiger partial charge is 0.497 e. The van der Waals surface area contributed by atoms with Gasteiger partial charge in [0.15, 0.2) is 0 Å². The van der Waals surface area contributed by atoms with E-state index in [1.165, 1.54) is 0 Å². The third kappa shape index (κ3) is 7.74. The first kappa shape index (κ1) is 34.4. The molecule has 7 nitrogen and oxygen atoms in total. The van der Waals surface area contributed by atoms with Gasteiger partial charge in [-0.1, -0.05) is 54.6 Å². The number of rotatable bonds is 9. The number of imidazole rings is 1. The van der Waals surface area contributed by atoms with Gasteiger partial charge < -0.3 is 24.9 Å². The number of aliphatic hydroxyl groups excluding tert-OH is 1. The standard InChI is InChI=1S/C31H36N4O3.3ClH/c1-21-28(34-31(33-21)24-7-5-4-6-8-24)30(36)29(35-19-17-32-18-20-35)27(22-9-13-25(37-2)14-10-22)23-11-15-26(38-3)16-12-23;;;/h4-16,27,29-30,32,36H,17-20H2,1-3H3,(H,33,34);3*1H. The van der Waals surface area contributed by atoms with Gasteiger partial charge in [-0.15, -0.1) is 37.2 Å². The number of aromatic nitrogens is 2. The van der Waals surface area contributed by atoms with Crippen LogP contribution in [0.1, 0.15) is 34.5 Å². The summed E-state index contributed by atoms with van der Waals surface area (Å²) in [6.45, 7) is 5.40. The minimum atomic E-state index is -0.823. The van der Waals surface area contributed by atoms with E-state index in [-0.39, 0.29) is 49.2 Å². The highest BCUT2D eigenvalue weighted by atomic mass is 35.5. The summed E-state index contributed by atoms with van der Waals surface area (Å²) in [5.74, 6) is 2.26. The number of piperazine rings is 1. The number of nitrogens with one attached hydrogen (secondary N) is 2. The van der Waals surface area contributed by atoms with E-state index in [0.29, 0.717) is 5.69 Å². The molecule has 10 heteroatoms. The molecule has 1 saturated heterocycles. The molecule has 3 aromatic carbocycles. The van der Waals surface area contributed by atoms with Gasteiger partial charge in [-0.3, -0.25) is 4.90 Å². The van der Waals surface area contributed by atoms with Crippen molar-refractivity contribution in [3.8, 4) is 22.9 Å². The van der Waals surface area contributed by atoms with Crippen LogP contribution >= 0.6 is 37.2 Å². The molecule has 1 aliphatic heterocycles. The van der Waals surface area contributed by atoms with Crippen molar-refractivity contribution in [2.24, 2.45) is 0 Å². The predicted molar refractivity (Wildman–Crippen MR) is 172 cm³/mol. The van der Waals surface area contributed by atoms with Crippen molar-refractivity contribution in [3.63, 3.8) is 0 Å². The van der Waals surface area contributed by atoms with Gasteiger partial charge in [0.05, 0.1) is 26.0 Å². The van der Waals surface area contributed by atoms with Gasteiger partial charge >= 0.3 is 0 Å². The number of benzene rings is 3. The summed E-state index contributed by atoms with van der Waals surface area (Å²) in [6.07, 6.45) is -0.823. The Balaban J connectivity index is 0.00000196. The minimum absolute atomic E-state index is 0. The van der Waals surface area contributed by atoms with Crippen molar-refractivity contribution < 1.29 is 14.6 Å². The van der Waals surface area contributed by atoms with Crippen LogP contribution in [0.3, 0.4) is 0 Å². The molecular weight excluding hydrogens is 583 g/mol. The van der Waals surface area contributed by atoms with Crippen LogP contribution < -0.4 is 14.8 Å². The first-order valence-electron chi connectivity index (χ1n) is 13.1. The number of H-pyrrole nitrogens is 1. The fraction of sp³-hybridized carbons (Fsp3) is 0.323. The van der Waals surface area contributed by atoms with Gasteiger partial charge in [0.2, 0.25) is 0 Å². The zero-order chi connectivity index (χ0) is 26.5. The van der Waals surface area contributed by atoms with E-state index < -0.39 is 6.10 Å². The van der Waals surface area contributed by atoms with E-state index in [2.05, 4.69) is 39.5 Å². The smallest absolute Gasteiger partial charge is 0.137 e. The Bertz CT molecular complexity index is 1270. The summed E-state index contributed by atoms with van der Waals surface area (Å²) in [5.41, 5.74) is 4.76. The number of halogens is 3.